The molecule has 0 spiro atoms. The molecule has 1 aliphatic heterocycles. The lowest BCUT2D eigenvalue weighted by atomic mass is 9.94. The molecule has 1 aliphatic rings. The van der Waals surface area contributed by atoms with Crippen LogP contribution < -0.4 is 19.1 Å². The maximum absolute atomic E-state index is 13.4. The van der Waals surface area contributed by atoms with Gasteiger partial charge < -0.3 is 19.3 Å². The number of methoxy groups -OCH3 is 2. The smallest absolute Gasteiger partial charge is 0.300 e. The molecule has 0 aliphatic carbocycles. The number of aliphatic hydroxyl groups is 1. The van der Waals surface area contributed by atoms with Crippen molar-refractivity contribution in [2.45, 2.75) is 13.0 Å². The number of carbonyl (C=O) groups is 2. The van der Waals surface area contributed by atoms with Gasteiger partial charge in [-0.05, 0) is 55.0 Å². The van der Waals surface area contributed by atoms with Gasteiger partial charge in [0, 0.05) is 10.7 Å². The van der Waals surface area contributed by atoms with Gasteiger partial charge in [-0.15, -0.1) is 0 Å². The maximum atomic E-state index is 13.4. The Bertz CT molecular complexity index is 1300. The summed E-state index contributed by atoms with van der Waals surface area (Å²) in [7, 11) is 2.89. The van der Waals surface area contributed by atoms with E-state index in [1.165, 1.54) is 19.1 Å². The van der Waals surface area contributed by atoms with Crippen molar-refractivity contribution in [2.75, 3.05) is 25.7 Å². The number of nitrogens with zero attached hydrogens (tertiary/aromatic N) is 1. The summed E-state index contributed by atoms with van der Waals surface area (Å²) < 4.78 is 16.5. The summed E-state index contributed by atoms with van der Waals surface area (Å²) in [5.74, 6) is -0.905. The van der Waals surface area contributed by atoms with Gasteiger partial charge in [-0.1, -0.05) is 35.9 Å². The standard InChI is InChI=1S/C27H24ClNO6/c1-4-35-19-11-5-8-16(14-19)24-23(25(30)22-20(33-2)12-7-13-21(22)34-3)26(31)27(32)29(24)18-10-6-9-17(28)15-18/h5-15,24,30H,4H2,1-3H3/b25-23+. The van der Waals surface area contributed by atoms with Gasteiger partial charge in [0.15, 0.2) is 0 Å². The minimum absolute atomic E-state index is 0.105. The maximum Gasteiger partial charge on any atom is 0.300 e. The quantitative estimate of drug-likeness (QED) is 0.270. The number of amides is 1. The van der Waals surface area contributed by atoms with E-state index in [9.17, 15) is 14.7 Å². The summed E-state index contributed by atoms with van der Waals surface area (Å²) in [6.07, 6.45) is 0. The number of rotatable bonds is 7. The molecular formula is C27H24ClNO6. The lowest BCUT2D eigenvalue weighted by Crippen LogP contribution is -2.29. The Morgan fingerprint density at radius 3 is 2.26 bits per heavy atom. The molecule has 1 N–H and O–H groups in total. The SMILES string of the molecule is CCOc1cccc(C2/C(=C(\O)c3c(OC)cccc3OC)C(=O)C(=O)N2c2cccc(Cl)c2)c1. The predicted octanol–water partition coefficient (Wildman–Crippen LogP) is 5.38. The van der Waals surface area contributed by atoms with Crippen LogP contribution in [0, 0.1) is 0 Å². The first-order valence-corrected chi connectivity index (χ1v) is 11.3. The molecule has 180 valence electrons. The van der Waals surface area contributed by atoms with Crippen LogP contribution in [0.1, 0.15) is 24.1 Å². The van der Waals surface area contributed by atoms with Gasteiger partial charge in [0.25, 0.3) is 11.7 Å². The molecule has 1 atom stereocenters. The molecule has 1 amide bonds. The molecule has 0 radical (unpaired) electrons. The Kier molecular flexibility index (Phi) is 6.98. The van der Waals surface area contributed by atoms with Gasteiger partial charge in [0.1, 0.15) is 28.6 Å². The van der Waals surface area contributed by atoms with Crippen LogP contribution in [0.4, 0.5) is 5.69 Å². The highest BCUT2D eigenvalue weighted by Gasteiger charge is 2.47. The predicted molar refractivity (Wildman–Crippen MR) is 133 cm³/mol. The Balaban J connectivity index is 2.01. The van der Waals surface area contributed by atoms with E-state index in [2.05, 4.69) is 0 Å². The summed E-state index contributed by atoms with van der Waals surface area (Å²) in [5.41, 5.74) is 1.06. The molecule has 8 heteroatoms. The minimum atomic E-state index is -0.955. The molecule has 35 heavy (non-hydrogen) atoms. The second-order valence-electron chi connectivity index (χ2n) is 7.69. The largest absolute Gasteiger partial charge is 0.506 e. The third-order valence-electron chi connectivity index (χ3n) is 5.68. The fraction of sp³-hybridized carbons (Fsp3) is 0.185. The van der Waals surface area contributed by atoms with E-state index in [4.69, 9.17) is 25.8 Å². The van der Waals surface area contributed by atoms with Crippen LogP contribution in [0.15, 0.2) is 72.3 Å². The Morgan fingerprint density at radius 2 is 1.63 bits per heavy atom. The van der Waals surface area contributed by atoms with E-state index in [0.717, 1.165) is 0 Å². The number of halogens is 1. The van der Waals surface area contributed by atoms with Gasteiger partial charge in [-0.25, -0.2) is 0 Å². The number of ketones is 1. The van der Waals surface area contributed by atoms with Crippen molar-refractivity contribution in [3.63, 3.8) is 0 Å². The molecule has 1 heterocycles. The average Bonchev–Trinajstić information content (AvgIpc) is 3.13. The van der Waals surface area contributed by atoms with E-state index in [0.29, 0.717) is 28.6 Å². The van der Waals surface area contributed by atoms with Crippen molar-refractivity contribution in [1.82, 2.24) is 0 Å². The van der Waals surface area contributed by atoms with Crippen LogP contribution in [0.5, 0.6) is 17.2 Å². The number of ether oxygens (including phenoxy) is 3. The first-order valence-electron chi connectivity index (χ1n) is 10.9. The lowest BCUT2D eigenvalue weighted by Gasteiger charge is -2.26. The van der Waals surface area contributed by atoms with Crippen molar-refractivity contribution < 1.29 is 28.9 Å². The molecule has 1 unspecified atom stereocenters. The summed E-state index contributed by atoms with van der Waals surface area (Å²) in [6, 6.07) is 17.7. The van der Waals surface area contributed by atoms with Gasteiger partial charge in [-0.3, -0.25) is 14.5 Å². The summed E-state index contributed by atoms with van der Waals surface area (Å²) >= 11 is 6.20. The van der Waals surface area contributed by atoms with E-state index >= 15 is 0 Å². The molecular weight excluding hydrogens is 470 g/mol. The molecule has 1 saturated heterocycles. The molecule has 0 aromatic heterocycles. The van der Waals surface area contributed by atoms with Crippen molar-refractivity contribution in [2.24, 2.45) is 0 Å². The van der Waals surface area contributed by atoms with Crippen LogP contribution in [0.3, 0.4) is 0 Å². The van der Waals surface area contributed by atoms with Crippen molar-refractivity contribution in [3.8, 4) is 17.2 Å². The van der Waals surface area contributed by atoms with Crippen molar-refractivity contribution in [1.29, 1.82) is 0 Å². The first-order chi connectivity index (χ1) is 16.9. The summed E-state index contributed by atoms with van der Waals surface area (Å²) in [4.78, 5) is 28.1. The zero-order valence-electron chi connectivity index (χ0n) is 19.4. The Morgan fingerprint density at radius 1 is 0.971 bits per heavy atom. The zero-order valence-corrected chi connectivity index (χ0v) is 20.2. The molecule has 3 aromatic rings. The third kappa shape index (κ3) is 4.42. The topological polar surface area (TPSA) is 85.3 Å². The fourth-order valence-corrected chi connectivity index (χ4v) is 4.39. The Labute approximate surface area is 208 Å². The molecule has 1 fully saturated rings. The van der Waals surface area contributed by atoms with Crippen LogP contribution >= 0.6 is 11.6 Å². The number of hydrogen-bond acceptors (Lipinski definition) is 6. The van der Waals surface area contributed by atoms with Gasteiger partial charge in [0.05, 0.1) is 32.4 Å². The number of benzene rings is 3. The molecule has 7 nitrogen and oxygen atoms in total. The number of anilines is 1. The number of hydrogen-bond donors (Lipinski definition) is 1. The highest BCUT2D eigenvalue weighted by Crippen LogP contribution is 2.45. The number of aliphatic hydroxyl groups excluding tert-OH is 1. The van der Waals surface area contributed by atoms with Gasteiger partial charge in [0.2, 0.25) is 0 Å². The van der Waals surface area contributed by atoms with Crippen molar-refractivity contribution >= 4 is 34.7 Å². The van der Waals surface area contributed by atoms with Crippen LogP contribution in [-0.4, -0.2) is 37.6 Å². The second kappa shape index (κ2) is 10.1. The van der Waals surface area contributed by atoms with Crippen LogP contribution in [-0.2, 0) is 9.59 Å². The number of carbonyl (C=O) groups excluding carboxylic acids is 2. The highest BCUT2D eigenvalue weighted by molar-refractivity contribution is 6.52. The van der Waals surface area contributed by atoms with E-state index in [1.54, 1.807) is 66.7 Å². The fourth-order valence-electron chi connectivity index (χ4n) is 4.20. The van der Waals surface area contributed by atoms with E-state index in [1.807, 2.05) is 6.92 Å². The molecule has 4 rings (SSSR count). The minimum Gasteiger partial charge on any atom is -0.506 e. The van der Waals surface area contributed by atoms with Crippen molar-refractivity contribution in [3.05, 3.63) is 88.5 Å². The van der Waals surface area contributed by atoms with Crippen LogP contribution in [0.2, 0.25) is 5.02 Å². The molecule has 0 bridgehead atoms. The average molecular weight is 494 g/mol. The van der Waals surface area contributed by atoms with E-state index < -0.39 is 23.5 Å². The van der Waals surface area contributed by atoms with Gasteiger partial charge >= 0.3 is 0 Å². The zero-order chi connectivity index (χ0) is 25.1. The second-order valence-corrected chi connectivity index (χ2v) is 8.13. The monoisotopic (exact) mass is 493 g/mol. The summed E-state index contributed by atoms with van der Waals surface area (Å²) in [6.45, 7) is 2.30. The third-order valence-corrected chi connectivity index (χ3v) is 5.92. The molecule has 0 saturated carbocycles. The Hall–Kier alpha value is -3.97. The lowest BCUT2D eigenvalue weighted by molar-refractivity contribution is -0.132. The molecule has 3 aromatic carbocycles. The highest BCUT2D eigenvalue weighted by atomic mass is 35.5. The first kappa shape index (κ1) is 24.2. The normalized spacial score (nSPS) is 16.9. The van der Waals surface area contributed by atoms with Crippen LogP contribution in [0.25, 0.3) is 5.76 Å². The van der Waals surface area contributed by atoms with Gasteiger partial charge in [-0.2, -0.15) is 0 Å². The number of Topliss-reactive ketones (excluding diaryl/α,β-unsaturated/α-hetero) is 1. The van der Waals surface area contributed by atoms with E-state index in [-0.39, 0.29) is 22.6 Å². The summed E-state index contributed by atoms with van der Waals surface area (Å²) in [5, 5.41) is 11.9.